The van der Waals surface area contributed by atoms with Crippen LogP contribution in [0.15, 0.2) is 24.3 Å². The monoisotopic (exact) mass is 361 g/mol. The number of carbonyl (C=O) groups excluding carboxylic acids is 1. The van der Waals surface area contributed by atoms with E-state index in [0.29, 0.717) is 18.8 Å². The Balaban J connectivity index is 1.91. The smallest absolute Gasteiger partial charge is 0.489 e. The molecule has 5 nitrogen and oxygen atoms in total. The van der Waals surface area contributed by atoms with E-state index in [1.807, 2.05) is 0 Å². The van der Waals surface area contributed by atoms with E-state index in [4.69, 9.17) is 9.47 Å². The van der Waals surface area contributed by atoms with Crippen LogP contribution in [0.2, 0.25) is 0 Å². The minimum Gasteiger partial charge on any atom is -0.489 e. The summed E-state index contributed by atoms with van der Waals surface area (Å²) in [6.07, 6.45) is -3.84. The molecule has 0 saturated carbocycles. The van der Waals surface area contributed by atoms with Crippen molar-refractivity contribution >= 4 is 6.09 Å². The van der Waals surface area contributed by atoms with Gasteiger partial charge >= 0.3 is 12.5 Å². The molecule has 25 heavy (non-hydrogen) atoms. The summed E-state index contributed by atoms with van der Waals surface area (Å²) in [4.78, 5) is 13.7. The standard InChI is InChI=1S/C17H22F3NO4/c1-16(2,3)25-15(22)21-10-4-5-14(11-21)23-12-6-8-13(9-7-12)24-17(18,19)20/h6-9,14H,4-5,10-11H2,1-3H3. The van der Waals surface area contributed by atoms with Crippen molar-refractivity contribution in [2.24, 2.45) is 0 Å². The highest BCUT2D eigenvalue weighted by atomic mass is 19.4. The molecule has 1 heterocycles. The Labute approximate surface area is 144 Å². The third kappa shape index (κ3) is 6.72. The van der Waals surface area contributed by atoms with Crippen molar-refractivity contribution in [3.63, 3.8) is 0 Å². The number of amides is 1. The van der Waals surface area contributed by atoms with Gasteiger partial charge in [0.15, 0.2) is 0 Å². The molecule has 1 aliphatic heterocycles. The highest BCUT2D eigenvalue weighted by molar-refractivity contribution is 5.68. The number of alkyl halides is 3. The Morgan fingerprint density at radius 3 is 2.28 bits per heavy atom. The average molecular weight is 361 g/mol. The van der Waals surface area contributed by atoms with Crippen LogP contribution >= 0.6 is 0 Å². The quantitative estimate of drug-likeness (QED) is 0.802. The van der Waals surface area contributed by atoms with E-state index in [9.17, 15) is 18.0 Å². The van der Waals surface area contributed by atoms with Gasteiger partial charge in [-0.25, -0.2) is 4.79 Å². The van der Waals surface area contributed by atoms with Crippen molar-refractivity contribution < 1.29 is 32.2 Å². The first-order valence-electron chi connectivity index (χ1n) is 8.02. The predicted molar refractivity (Wildman–Crippen MR) is 84.6 cm³/mol. The zero-order valence-electron chi connectivity index (χ0n) is 14.4. The molecular formula is C17H22F3NO4. The number of hydrogen-bond donors (Lipinski definition) is 0. The third-order valence-electron chi connectivity index (χ3n) is 3.39. The fraction of sp³-hybridized carbons (Fsp3) is 0.588. The topological polar surface area (TPSA) is 48.0 Å². The molecule has 1 aromatic rings. The van der Waals surface area contributed by atoms with Crippen molar-refractivity contribution in [2.75, 3.05) is 13.1 Å². The molecule has 1 aliphatic rings. The second-order valence-electron chi connectivity index (χ2n) is 6.83. The van der Waals surface area contributed by atoms with E-state index in [2.05, 4.69) is 4.74 Å². The molecule has 0 bridgehead atoms. The molecule has 0 spiro atoms. The largest absolute Gasteiger partial charge is 0.573 e. The highest BCUT2D eigenvalue weighted by Gasteiger charge is 2.31. The van der Waals surface area contributed by atoms with Crippen LogP contribution in [0.3, 0.4) is 0 Å². The molecule has 1 saturated heterocycles. The number of ether oxygens (including phenoxy) is 3. The Morgan fingerprint density at radius 1 is 1.12 bits per heavy atom. The number of hydrogen-bond acceptors (Lipinski definition) is 4. The van der Waals surface area contributed by atoms with Gasteiger partial charge in [-0.1, -0.05) is 0 Å². The molecule has 0 aliphatic carbocycles. The van der Waals surface area contributed by atoms with Gasteiger partial charge in [0, 0.05) is 6.54 Å². The molecule has 8 heteroatoms. The number of halogens is 3. The van der Waals surface area contributed by atoms with E-state index >= 15 is 0 Å². The molecule has 1 fully saturated rings. The van der Waals surface area contributed by atoms with Crippen LogP contribution in [-0.4, -0.2) is 42.2 Å². The Hall–Kier alpha value is -2.12. The normalized spacial score (nSPS) is 18.6. The second kappa shape index (κ2) is 7.41. The van der Waals surface area contributed by atoms with Crippen molar-refractivity contribution in [3.05, 3.63) is 24.3 Å². The van der Waals surface area contributed by atoms with Gasteiger partial charge in [0.25, 0.3) is 0 Å². The number of benzene rings is 1. The maximum atomic E-state index is 12.1. The molecule has 1 aromatic carbocycles. The first kappa shape index (κ1) is 19.2. The maximum Gasteiger partial charge on any atom is 0.573 e. The summed E-state index contributed by atoms with van der Waals surface area (Å²) in [6.45, 7) is 6.36. The van der Waals surface area contributed by atoms with Crippen molar-refractivity contribution in [1.82, 2.24) is 4.90 Å². The average Bonchev–Trinajstić information content (AvgIpc) is 2.46. The zero-order chi connectivity index (χ0) is 18.7. The van der Waals surface area contributed by atoms with Crippen LogP contribution < -0.4 is 9.47 Å². The predicted octanol–water partition coefficient (Wildman–Crippen LogP) is 4.36. The van der Waals surface area contributed by atoms with E-state index < -0.39 is 18.1 Å². The first-order chi connectivity index (χ1) is 11.5. The molecule has 1 unspecified atom stereocenters. The summed E-state index contributed by atoms with van der Waals surface area (Å²) >= 11 is 0. The lowest BCUT2D eigenvalue weighted by atomic mass is 10.1. The van der Waals surface area contributed by atoms with Crippen molar-refractivity contribution in [2.45, 2.75) is 51.7 Å². The van der Waals surface area contributed by atoms with Crippen LogP contribution in [0.5, 0.6) is 11.5 Å². The van der Waals surface area contributed by atoms with Gasteiger partial charge in [0.2, 0.25) is 0 Å². The molecule has 0 aromatic heterocycles. The fourth-order valence-corrected chi connectivity index (χ4v) is 2.44. The minimum absolute atomic E-state index is 0.240. The van der Waals surface area contributed by atoms with Crippen LogP contribution in [0.25, 0.3) is 0 Å². The summed E-state index contributed by atoms with van der Waals surface area (Å²) in [5, 5.41) is 0. The molecule has 140 valence electrons. The second-order valence-corrected chi connectivity index (χ2v) is 6.83. The summed E-state index contributed by atoms with van der Waals surface area (Å²) in [6, 6.07) is 5.20. The number of nitrogens with zero attached hydrogens (tertiary/aromatic N) is 1. The molecule has 1 amide bonds. The van der Waals surface area contributed by atoms with E-state index in [0.717, 1.165) is 12.8 Å². The number of rotatable bonds is 3. The van der Waals surface area contributed by atoms with Crippen LogP contribution in [0.4, 0.5) is 18.0 Å². The van der Waals surface area contributed by atoms with Crippen LogP contribution in [-0.2, 0) is 4.74 Å². The van der Waals surface area contributed by atoms with Gasteiger partial charge in [0.1, 0.15) is 23.2 Å². The van der Waals surface area contributed by atoms with Gasteiger partial charge in [0.05, 0.1) is 6.54 Å². The summed E-state index contributed by atoms with van der Waals surface area (Å²) in [7, 11) is 0. The summed E-state index contributed by atoms with van der Waals surface area (Å²) < 4.78 is 51.4. The van der Waals surface area contributed by atoms with E-state index in [1.54, 1.807) is 25.7 Å². The summed E-state index contributed by atoms with van der Waals surface area (Å²) in [5.41, 5.74) is -0.570. The molecule has 0 radical (unpaired) electrons. The number of piperidine rings is 1. The van der Waals surface area contributed by atoms with Crippen LogP contribution in [0, 0.1) is 0 Å². The molecule has 0 N–H and O–H groups in total. The Morgan fingerprint density at radius 2 is 1.72 bits per heavy atom. The SMILES string of the molecule is CC(C)(C)OC(=O)N1CCCC(Oc2ccc(OC(F)(F)F)cc2)C1. The van der Waals surface area contributed by atoms with E-state index in [1.165, 1.54) is 24.3 Å². The van der Waals surface area contributed by atoms with Gasteiger partial charge in [-0.15, -0.1) is 13.2 Å². The minimum atomic E-state index is -4.72. The van der Waals surface area contributed by atoms with Gasteiger partial charge in [-0.05, 0) is 57.9 Å². The molecule has 1 atom stereocenters. The lowest BCUT2D eigenvalue weighted by molar-refractivity contribution is -0.274. The van der Waals surface area contributed by atoms with Gasteiger partial charge in [-0.3, -0.25) is 0 Å². The Kier molecular flexibility index (Phi) is 5.69. The van der Waals surface area contributed by atoms with Gasteiger partial charge < -0.3 is 19.1 Å². The third-order valence-corrected chi connectivity index (χ3v) is 3.39. The Bertz CT molecular complexity index is 581. The fourth-order valence-electron chi connectivity index (χ4n) is 2.44. The lowest BCUT2D eigenvalue weighted by Crippen LogP contribution is -2.46. The molecular weight excluding hydrogens is 339 g/mol. The lowest BCUT2D eigenvalue weighted by Gasteiger charge is -2.34. The van der Waals surface area contributed by atoms with E-state index in [-0.39, 0.29) is 11.9 Å². The number of likely N-dealkylation sites (tertiary alicyclic amines) is 1. The highest BCUT2D eigenvalue weighted by Crippen LogP contribution is 2.26. The summed E-state index contributed by atoms with van der Waals surface area (Å²) in [5.74, 6) is 0.115. The first-order valence-corrected chi connectivity index (χ1v) is 8.02. The van der Waals surface area contributed by atoms with Crippen molar-refractivity contribution in [1.29, 1.82) is 0 Å². The maximum absolute atomic E-state index is 12.1. The van der Waals surface area contributed by atoms with Crippen LogP contribution in [0.1, 0.15) is 33.6 Å². The zero-order valence-corrected chi connectivity index (χ0v) is 14.4. The number of carbonyl (C=O) groups is 1. The van der Waals surface area contributed by atoms with Crippen molar-refractivity contribution in [3.8, 4) is 11.5 Å². The molecule has 2 rings (SSSR count). The van der Waals surface area contributed by atoms with Gasteiger partial charge in [-0.2, -0.15) is 0 Å².